The molecular weight excluding hydrogens is 324 g/mol. The summed E-state index contributed by atoms with van der Waals surface area (Å²) in [5.74, 6) is -0.702. The highest BCUT2D eigenvalue weighted by Gasteiger charge is 2.31. The van der Waals surface area contributed by atoms with E-state index in [1.165, 1.54) is 16.9 Å². The second kappa shape index (κ2) is 6.25. The van der Waals surface area contributed by atoms with E-state index >= 15 is 0 Å². The Kier molecular flexibility index (Phi) is 5.36. The van der Waals surface area contributed by atoms with Crippen molar-refractivity contribution in [3.63, 3.8) is 0 Å². The maximum absolute atomic E-state index is 13.4. The summed E-state index contributed by atoms with van der Waals surface area (Å²) in [6.45, 7) is -2.14. The summed E-state index contributed by atoms with van der Waals surface area (Å²) in [5.41, 5.74) is -0.0441. The van der Waals surface area contributed by atoms with Gasteiger partial charge in [-0.1, -0.05) is 11.6 Å². The topological polar surface area (TPSA) is 49.4 Å². The van der Waals surface area contributed by atoms with Gasteiger partial charge >= 0.3 is 6.18 Å². The van der Waals surface area contributed by atoms with E-state index in [9.17, 15) is 26.0 Å². The molecule has 20 heavy (non-hydrogen) atoms. The molecule has 0 bridgehead atoms. The zero-order chi connectivity index (χ0) is 15.6. The fourth-order valence-electron chi connectivity index (χ4n) is 1.27. The summed E-state index contributed by atoms with van der Waals surface area (Å²) in [7, 11) is -3.34. The molecule has 0 heterocycles. The van der Waals surface area contributed by atoms with E-state index in [0.29, 0.717) is 4.31 Å². The number of nitrogens with zero attached hydrogens (tertiary/aromatic N) is 1. The molecule has 1 rings (SSSR count). The van der Waals surface area contributed by atoms with Gasteiger partial charge in [-0.25, -0.2) is 4.39 Å². The quantitative estimate of drug-likeness (QED) is 0.840. The highest BCUT2D eigenvalue weighted by atomic mass is 35.5. The van der Waals surface area contributed by atoms with Gasteiger partial charge in [0.25, 0.3) is 10.2 Å². The Bertz CT molecular complexity index is 577. The van der Waals surface area contributed by atoms with E-state index in [4.69, 9.17) is 11.6 Å². The van der Waals surface area contributed by atoms with Crippen LogP contribution in [0.15, 0.2) is 18.2 Å². The van der Waals surface area contributed by atoms with Crippen LogP contribution in [0, 0.1) is 5.82 Å². The molecule has 0 aliphatic heterocycles. The lowest BCUT2D eigenvalue weighted by molar-refractivity contribution is -0.121. The minimum absolute atomic E-state index is 0.0441. The molecule has 0 aromatic heterocycles. The zero-order valence-corrected chi connectivity index (χ0v) is 11.8. The van der Waals surface area contributed by atoms with Crippen molar-refractivity contribution in [3.05, 3.63) is 34.6 Å². The van der Waals surface area contributed by atoms with Gasteiger partial charge in [-0.3, -0.25) is 0 Å². The van der Waals surface area contributed by atoms with E-state index in [1.807, 2.05) is 0 Å². The fraction of sp³-hybridized carbons (Fsp3) is 0.400. The van der Waals surface area contributed by atoms with Gasteiger partial charge in [0.05, 0.1) is 0 Å². The lowest BCUT2D eigenvalue weighted by Crippen LogP contribution is -2.42. The van der Waals surface area contributed by atoms with Crippen molar-refractivity contribution in [2.75, 3.05) is 13.6 Å². The van der Waals surface area contributed by atoms with Gasteiger partial charge in [0.1, 0.15) is 12.4 Å². The summed E-state index contributed by atoms with van der Waals surface area (Å²) in [5, 5.41) is 0.190. The first-order valence-corrected chi connectivity index (χ1v) is 7.05. The number of halogens is 5. The van der Waals surface area contributed by atoms with Gasteiger partial charge in [0, 0.05) is 24.2 Å². The molecule has 4 nitrogen and oxygen atoms in total. The molecule has 0 aliphatic carbocycles. The van der Waals surface area contributed by atoms with E-state index in [1.54, 1.807) is 0 Å². The monoisotopic (exact) mass is 334 g/mol. The second-order valence-corrected chi connectivity index (χ2v) is 6.23. The van der Waals surface area contributed by atoms with Crippen molar-refractivity contribution in [1.82, 2.24) is 9.03 Å². The molecule has 0 spiro atoms. The summed E-state index contributed by atoms with van der Waals surface area (Å²) < 4.78 is 74.3. The molecule has 1 aromatic carbocycles. The molecule has 1 aromatic rings. The van der Waals surface area contributed by atoms with Crippen molar-refractivity contribution < 1.29 is 26.0 Å². The van der Waals surface area contributed by atoms with Gasteiger partial charge in [-0.15, -0.1) is 0 Å². The van der Waals surface area contributed by atoms with Crippen LogP contribution in [0.1, 0.15) is 5.56 Å². The molecule has 0 unspecified atom stereocenters. The smallest absolute Gasteiger partial charge is 0.207 e. The summed E-state index contributed by atoms with van der Waals surface area (Å²) >= 11 is 5.64. The van der Waals surface area contributed by atoms with Crippen LogP contribution in [-0.4, -0.2) is 32.5 Å². The van der Waals surface area contributed by atoms with Crippen LogP contribution in [-0.2, 0) is 16.8 Å². The molecule has 0 atom stereocenters. The lowest BCUT2D eigenvalue weighted by atomic mass is 10.2. The number of benzene rings is 1. The van der Waals surface area contributed by atoms with Crippen molar-refractivity contribution in [2.24, 2.45) is 0 Å². The van der Waals surface area contributed by atoms with Gasteiger partial charge in [-0.2, -0.15) is 30.6 Å². The van der Waals surface area contributed by atoms with Crippen LogP contribution in [0.25, 0.3) is 0 Å². The van der Waals surface area contributed by atoms with Crippen LogP contribution in [0.4, 0.5) is 17.6 Å². The normalized spacial score (nSPS) is 12.9. The molecular formula is C10H11ClF4N2O2S. The van der Waals surface area contributed by atoms with Crippen molar-refractivity contribution in [3.8, 4) is 0 Å². The van der Waals surface area contributed by atoms with Crippen molar-refractivity contribution in [1.29, 1.82) is 0 Å². The molecule has 0 fully saturated rings. The first kappa shape index (κ1) is 17.2. The SMILES string of the molecule is CN(Cc1cc(Cl)ccc1F)S(=O)(=O)NCC(F)(F)F. The molecule has 0 radical (unpaired) electrons. The highest BCUT2D eigenvalue weighted by molar-refractivity contribution is 7.87. The molecule has 0 saturated carbocycles. The van der Waals surface area contributed by atoms with E-state index < -0.39 is 35.3 Å². The Labute approximate surface area is 118 Å². The number of nitrogens with one attached hydrogen (secondary N) is 1. The average molecular weight is 335 g/mol. The van der Waals surface area contributed by atoms with Crippen LogP contribution in [0.3, 0.4) is 0 Å². The third-order valence-electron chi connectivity index (χ3n) is 2.27. The molecule has 1 N–H and O–H groups in total. The van der Waals surface area contributed by atoms with Crippen LogP contribution < -0.4 is 4.72 Å². The third-order valence-corrected chi connectivity index (χ3v) is 3.96. The average Bonchev–Trinajstić information content (AvgIpc) is 2.30. The van der Waals surface area contributed by atoms with Crippen LogP contribution in [0.2, 0.25) is 5.02 Å². The molecule has 114 valence electrons. The predicted molar refractivity (Wildman–Crippen MR) is 65.9 cm³/mol. The summed E-state index contributed by atoms with van der Waals surface area (Å²) in [4.78, 5) is 0. The lowest BCUT2D eigenvalue weighted by Gasteiger charge is -2.18. The Morgan fingerprint density at radius 1 is 1.35 bits per heavy atom. The number of alkyl halides is 3. The standard InChI is InChI=1S/C10H11ClF4N2O2S/c1-17(20(18,19)16-6-10(13,14)15)5-7-4-8(11)2-3-9(7)12/h2-4,16H,5-6H2,1H3. The maximum Gasteiger partial charge on any atom is 0.402 e. The third kappa shape index (κ3) is 5.23. The fourth-order valence-corrected chi connectivity index (χ4v) is 2.34. The molecule has 0 amide bonds. The van der Waals surface area contributed by atoms with Crippen molar-refractivity contribution >= 4 is 21.8 Å². The Balaban J connectivity index is 2.79. The van der Waals surface area contributed by atoms with Gasteiger partial charge in [0.2, 0.25) is 0 Å². The Morgan fingerprint density at radius 2 is 1.95 bits per heavy atom. The van der Waals surface area contributed by atoms with Crippen LogP contribution in [0.5, 0.6) is 0 Å². The van der Waals surface area contributed by atoms with Gasteiger partial charge in [0.15, 0.2) is 0 Å². The Morgan fingerprint density at radius 3 is 2.50 bits per heavy atom. The maximum atomic E-state index is 13.4. The largest absolute Gasteiger partial charge is 0.402 e. The van der Waals surface area contributed by atoms with E-state index in [2.05, 4.69) is 0 Å². The van der Waals surface area contributed by atoms with Gasteiger partial charge in [-0.05, 0) is 18.2 Å². The summed E-state index contributed by atoms with van der Waals surface area (Å²) in [6, 6.07) is 3.52. The minimum atomic E-state index is -4.67. The first-order chi connectivity index (χ1) is 9.01. The Hall–Kier alpha value is -0.900. The highest BCUT2D eigenvalue weighted by Crippen LogP contribution is 2.18. The first-order valence-electron chi connectivity index (χ1n) is 5.23. The van der Waals surface area contributed by atoms with E-state index in [-0.39, 0.29) is 10.6 Å². The number of hydrogen-bond donors (Lipinski definition) is 1. The predicted octanol–water partition coefficient (Wildman–Crippen LogP) is 2.31. The molecule has 10 heteroatoms. The minimum Gasteiger partial charge on any atom is -0.207 e. The van der Waals surface area contributed by atoms with E-state index in [0.717, 1.165) is 13.1 Å². The van der Waals surface area contributed by atoms with Gasteiger partial charge < -0.3 is 0 Å². The molecule has 0 aliphatic rings. The number of hydrogen-bond acceptors (Lipinski definition) is 2. The van der Waals surface area contributed by atoms with Crippen LogP contribution >= 0.6 is 11.6 Å². The summed E-state index contributed by atoms with van der Waals surface area (Å²) in [6.07, 6.45) is -4.67. The zero-order valence-electron chi connectivity index (χ0n) is 10.2. The van der Waals surface area contributed by atoms with Crippen molar-refractivity contribution in [2.45, 2.75) is 12.7 Å². The second-order valence-electron chi connectivity index (χ2n) is 3.93. The molecule has 0 saturated heterocycles. The number of rotatable bonds is 5.